The topological polar surface area (TPSA) is 120 Å². The monoisotopic (exact) mass is 249 g/mol. The Morgan fingerprint density at radius 1 is 1.44 bits per heavy atom. The van der Waals surface area contributed by atoms with Crippen molar-refractivity contribution in [2.24, 2.45) is 0 Å². The number of non-ortho nitro benzene ring substituents is 1. The number of rotatable bonds is 5. The largest absolute Gasteiger partial charge is 0.398 e. The maximum atomic E-state index is 10.7. The lowest BCUT2D eigenvalue weighted by molar-refractivity contribution is -0.384. The molecule has 0 atom stereocenters. The molecular formula is C10H11N5O3. The van der Waals surface area contributed by atoms with Gasteiger partial charge < -0.3 is 15.6 Å². The van der Waals surface area contributed by atoms with Gasteiger partial charge in [-0.25, -0.2) is 0 Å². The molecule has 2 aromatic rings. The number of nitrogens with two attached hydrogens (primary N) is 1. The van der Waals surface area contributed by atoms with Crippen molar-refractivity contribution in [2.75, 3.05) is 17.6 Å². The Bertz CT molecular complexity index is 540. The van der Waals surface area contributed by atoms with Crippen LogP contribution in [0.3, 0.4) is 0 Å². The van der Waals surface area contributed by atoms with Gasteiger partial charge in [-0.1, -0.05) is 5.16 Å². The van der Waals surface area contributed by atoms with Gasteiger partial charge in [0.05, 0.1) is 4.92 Å². The maximum Gasteiger partial charge on any atom is 0.273 e. The number of benzene rings is 1. The number of aromatic nitrogens is 2. The third-order valence-electron chi connectivity index (χ3n) is 2.23. The molecule has 0 amide bonds. The molecule has 0 radical (unpaired) electrons. The zero-order chi connectivity index (χ0) is 13.0. The van der Waals surface area contributed by atoms with Gasteiger partial charge in [-0.05, 0) is 6.07 Å². The number of hydrogen-bond donors (Lipinski definition) is 2. The highest BCUT2D eigenvalue weighted by atomic mass is 16.6. The summed E-state index contributed by atoms with van der Waals surface area (Å²) in [5, 5.41) is 17.1. The van der Waals surface area contributed by atoms with Crippen molar-refractivity contribution in [2.45, 2.75) is 6.42 Å². The van der Waals surface area contributed by atoms with Crippen LogP contribution >= 0.6 is 0 Å². The lowest BCUT2D eigenvalue weighted by Crippen LogP contribution is -2.06. The van der Waals surface area contributed by atoms with E-state index in [1.807, 2.05) is 0 Å². The van der Waals surface area contributed by atoms with Crippen LogP contribution < -0.4 is 11.1 Å². The highest BCUT2D eigenvalue weighted by molar-refractivity contribution is 5.61. The van der Waals surface area contributed by atoms with Gasteiger partial charge in [-0.3, -0.25) is 10.1 Å². The van der Waals surface area contributed by atoms with Gasteiger partial charge >= 0.3 is 0 Å². The van der Waals surface area contributed by atoms with E-state index in [-0.39, 0.29) is 5.69 Å². The van der Waals surface area contributed by atoms with Crippen molar-refractivity contribution in [3.05, 3.63) is 40.5 Å². The normalized spacial score (nSPS) is 10.2. The first kappa shape index (κ1) is 11.8. The molecule has 1 heterocycles. The first-order valence-electron chi connectivity index (χ1n) is 5.19. The van der Waals surface area contributed by atoms with Crippen molar-refractivity contribution < 1.29 is 9.45 Å². The molecule has 0 saturated heterocycles. The number of hydrogen-bond acceptors (Lipinski definition) is 7. The van der Waals surface area contributed by atoms with Crippen molar-refractivity contribution in [3.63, 3.8) is 0 Å². The third-order valence-corrected chi connectivity index (χ3v) is 2.23. The van der Waals surface area contributed by atoms with Crippen LogP contribution in [0.25, 0.3) is 0 Å². The quantitative estimate of drug-likeness (QED) is 0.464. The molecule has 94 valence electrons. The maximum absolute atomic E-state index is 10.7. The second-order valence-corrected chi connectivity index (χ2v) is 3.58. The highest BCUT2D eigenvalue weighted by Gasteiger charge is 2.08. The average Bonchev–Trinajstić information content (AvgIpc) is 2.81. The Morgan fingerprint density at radius 2 is 2.28 bits per heavy atom. The van der Waals surface area contributed by atoms with E-state index in [1.165, 1.54) is 18.5 Å². The molecule has 0 fully saturated rings. The Kier molecular flexibility index (Phi) is 3.37. The molecule has 2 rings (SSSR count). The van der Waals surface area contributed by atoms with Crippen molar-refractivity contribution in [3.8, 4) is 0 Å². The summed E-state index contributed by atoms with van der Waals surface area (Å²) in [6, 6.07) is 4.36. The van der Waals surface area contributed by atoms with E-state index in [4.69, 9.17) is 10.3 Å². The molecule has 3 N–H and O–H groups in total. The van der Waals surface area contributed by atoms with Gasteiger partial charge in [0.25, 0.3) is 5.69 Å². The van der Waals surface area contributed by atoms with Crippen LogP contribution in [0.1, 0.15) is 5.89 Å². The van der Waals surface area contributed by atoms with Crippen molar-refractivity contribution in [1.82, 2.24) is 10.1 Å². The van der Waals surface area contributed by atoms with Crippen LogP contribution in [-0.2, 0) is 6.42 Å². The number of nitro benzene ring substituents is 1. The Morgan fingerprint density at radius 3 is 2.94 bits per heavy atom. The number of nitrogens with one attached hydrogen (secondary N) is 1. The standard InChI is InChI=1S/C10H11N5O3/c11-7-3-8(5-9(4-7)15(16)17)12-2-1-10-13-6-14-18-10/h3-6,12H,1-2,11H2. The fourth-order valence-electron chi connectivity index (χ4n) is 1.46. The molecule has 1 aromatic carbocycles. The SMILES string of the molecule is Nc1cc(NCCc2ncno2)cc([N+](=O)[O-])c1. The van der Waals surface area contributed by atoms with Crippen LogP contribution in [0.4, 0.5) is 17.1 Å². The summed E-state index contributed by atoms with van der Waals surface area (Å²) in [5.74, 6) is 0.501. The zero-order valence-electron chi connectivity index (χ0n) is 9.37. The van der Waals surface area contributed by atoms with Gasteiger partial charge in [0.2, 0.25) is 5.89 Å². The van der Waals surface area contributed by atoms with Crippen LogP contribution in [0, 0.1) is 10.1 Å². The van der Waals surface area contributed by atoms with E-state index in [0.29, 0.717) is 30.2 Å². The van der Waals surface area contributed by atoms with Crippen molar-refractivity contribution >= 4 is 17.1 Å². The number of nitro groups is 1. The fourth-order valence-corrected chi connectivity index (χ4v) is 1.46. The molecular weight excluding hydrogens is 238 g/mol. The molecule has 0 saturated carbocycles. The smallest absolute Gasteiger partial charge is 0.273 e. The summed E-state index contributed by atoms with van der Waals surface area (Å²) in [6.07, 6.45) is 1.85. The summed E-state index contributed by atoms with van der Waals surface area (Å²) in [5.41, 5.74) is 6.45. The zero-order valence-corrected chi connectivity index (χ0v) is 9.37. The summed E-state index contributed by atoms with van der Waals surface area (Å²) < 4.78 is 4.82. The Labute approximate surface area is 102 Å². The van der Waals surface area contributed by atoms with Crippen molar-refractivity contribution in [1.29, 1.82) is 0 Å². The molecule has 0 spiro atoms. The summed E-state index contributed by atoms with van der Waals surface area (Å²) in [4.78, 5) is 14.0. The van der Waals surface area contributed by atoms with Gasteiger partial charge in [-0.15, -0.1) is 0 Å². The van der Waals surface area contributed by atoms with Gasteiger partial charge in [0.15, 0.2) is 6.33 Å². The lowest BCUT2D eigenvalue weighted by atomic mass is 10.2. The van der Waals surface area contributed by atoms with E-state index in [0.717, 1.165) is 0 Å². The van der Waals surface area contributed by atoms with E-state index in [1.54, 1.807) is 6.07 Å². The minimum absolute atomic E-state index is 0.0460. The summed E-state index contributed by atoms with van der Waals surface area (Å²) >= 11 is 0. The van der Waals surface area contributed by atoms with Crippen LogP contribution in [0.15, 0.2) is 29.0 Å². The highest BCUT2D eigenvalue weighted by Crippen LogP contribution is 2.22. The molecule has 0 unspecified atom stereocenters. The van der Waals surface area contributed by atoms with E-state index in [9.17, 15) is 10.1 Å². The molecule has 0 aliphatic carbocycles. The van der Waals surface area contributed by atoms with E-state index < -0.39 is 4.92 Å². The molecule has 18 heavy (non-hydrogen) atoms. The first-order chi connectivity index (χ1) is 8.65. The fraction of sp³-hybridized carbons (Fsp3) is 0.200. The minimum Gasteiger partial charge on any atom is -0.398 e. The first-order valence-corrected chi connectivity index (χ1v) is 5.19. The predicted molar refractivity (Wildman–Crippen MR) is 64.0 cm³/mol. The van der Waals surface area contributed by atoms with Gasteiger partial charge in [-0.2, -0.15) is 4.98 Å². The van der Waals surface area contributed by atoms with Crippen LogP contribution in [0.2, 0.25) is 0 Å². The van der Waals surface area contributed by atoms with Crippen LogP contribution in [-0.4, -0.2) is 21.6 Å². The molecule has 0 bridgehead atoms. The average molecular weight is 249 g/mol. The van der Waals surface area contributed by atoms with Gasteiger partial charge in [0.1, 0.15) is 0 Å². The Balaban J connectivity index is 1.98. The van der Waals surface area contributed by atoms with E-state index in [2.05, 4.69) is 15.5 Å². The molecule has 1 aromatic heterocycles. The van der Waals surface area contributed by atoms with Gasteiger partial charge in [0, 0.05) is 36.5 Å². The van der Waals surface area contributed by atoms with Crippen LogP contribution in [0.5, 0.6) is 0 Å². The number of nitrogen functional groups attached to an aromatic ring is 1. The molecule has 8 heteroatoms. The molecule has 0 aliphatic heterocycles. The molecule has 0 aliphatic rings. The Hall–Kier alpha value is -2.64. The third kappa shape index (κ3) is 2.94. The second-order valence-electron chi connectivity index (χ2n) is 3.58. The predicted octanol–water partition coefficient (Wildman–Crippen LogP) is 1.21. The second kappa shape index (κ2) is 5.13. The number of nitrogens with zero attached hydrogens (tertiary/aromatic N) is 3. The summed E-state index contributed by atoms with van der Waals surface area (Å²) in [7, 11) is 0. The minimum atomic E-state index is -0.487. The van der Waals surface area contributed by atoms with E-state index >= 15 is 0 Å². The lowest BCUT2D eigenvalue weighted by Gasteiger charge is -2.05. The molecule has 8 nitrogen and oxygen atoms in total. The summed E-state index contributed by atoms with van der Waals surface area (Å²) in [6.45, 7) is 0.517. The number of anilines is 2.